The molecule has 0 bridgehead atoms. The van der Waals surface area contributed by atoms with Crippen molar-refractivity contribution in [3.63, 3.8) is 0 Å². The zero-order valence-electron chi connectivity index (χ0n) is 20.2. The number of carbonyl (C=O) groups is 1. The van der Waals surface area contributed by atoms with Gasteiger partial charge in [0.1, 0.15) is 0 Å². The molecule has 1 aromatic carbocycles. The van der Waals surface area contributed by atoms with Crippen LogP contribution in [-0.2, 0) is 16.6 Å². The second kappa shape index (κ2) is 10.3. The minimum absolute atomic E-state index is 0.130. The van der Waals surface area contributed by atoms with Crippen LogP contribution in [0.4, 0.5) is 5.69 Å². The number of benzene rings is 1. The number of amides is 1. The molecule has 186 valence electrons. The first-order chi connectivity index (χ1) is 16.2. The van der Waals surface area contributed by atoms with E-state index in [9.17, 15) is 13.2 Å². The number of rotatable bonds is 6. The molecule has 34 heavy (non-hydrogen) atoms. The highest BCUT2D eigenvalue weighted by atomic mass is 35.5. The van der Waals surface area contributed by atoms with Crippen LogP contribution in [0, 0.1) is 6.92 Å². The fraction of sp³-hybridized carbons (Fsp3) is 0.583. The van der Waals surface area contributed by atoms with Crippen molar-refractivity contribution in [1.82, 2.24) is 19.0 Å². The van der Waals surface area contributed by atoms with Gasteiger partial charge in [-0.25, -0.2) is 8.42 Å². The molecule has 1 amide bonds. The molecule has 1 saturated carbocycles. The third-order valence-electron chi connectivity index (χ3n) is 7.06. The molecular formula is C24H34ClN5O3S. The zero-order chi connectivity index (χ0) is 24.5. The van der Waals surface area contributed by atoms with Gasteiger partial charge in [-0.1, -0.05) is 36.9 Å². The van der Waals surface area contributed by atoms with Crippen molar-refractivity contribution in [3.05, 3.63) is 40.5 Å². The minimum Gasteiger partial charge on any atom is -0.369 e. The van der Waals surface area contributed by atoms with Crippen molar-refractivity contribution in [2.45, 2.75) is 63.6 Å². The highest BCUT2D eigenvalue weighted by Crippen LogP contribution is 2.28. The summed E-state index contributed by atoms with van der Waals surface area (Å²) in [4.78, 5) is 17.3. The van der Waals surface area contributed by atoms with Gasteiger partial charge in [-0.2, -0.15) is 9.40 Å². The molecule has 1 aliphatic heterocycles. The van der Waals surface area contributed by atoms with Crippen LogP contribution in [-0.4, -0.2) is 72.6 Å². The molecule has 1 aliphatic carbocycles. The lowest BCUT2D eigenvalue weighted by atomic mass is 9.94. The molecule has 1 saturated heterocycles. The summed E-state index contributed by atoms with van der Waals surface area (Å²) in [5.74, 6) is -0.265. The lowest BCUT2D eigenvalue weighted by Gasteiger charge is -2.36. The first-order valence-corrected chi connectivity index (χ1v) is 13.9. The SMILES string of the molecule is CCn1cc(C(=O)N(C)C2CCCCC2)c(S(=O)(=O)N2CCN(c3cc(Cl)ccc3C)CC2)n1. The topological polar surface area (TPSA) is 78.8 Å². The van der Waals surface area contributed by atoms with Crippen molar-refractivity contribution in [1.29, 1.82) is 0 Å². The van der Waals surface area contributed by atoms with Crippen molar-refractivity contribution in [2.24, 2.45) is 0 Å². The van der Waals surface area contributed by atoms with Crippen LogP contribution in [0.2, 0.25) is 5.02 Å². The van der Waals surface area contributed by atoms with Gasteiger partial charge >= 0.3 is 0 Å². The van der Waals surface area contributed by atoms with Gasteiger partial charge in [-0.15, -0.1) is 0 Å². The molecule has 10 heteroatoms. The zero-order valence-corrected chi connectivity index (χ0v) is 21.8. The number of aromatic nitrogens is 2. The molecule has 8 nitrogen and oxygen atoms in total. The Morgan fingerprint density at radius 1 is 1.15 bits per heavy atom. The van der Waals surface area contributed by atoms with Crippen LogP contribution in [0.15, 0.2) is 29.4 Å². The number of halogens is 1. The van der Waals surface area contributed by atoms with E-state index < -0.39 is 10.0 Å². The van der Waals surface area contributed by atoms with E-state index in [1.807, 2.05) is 32.0 Å². The van der Waals surface area contributed by atoms with Crippen molar-refractivity contribution in [2.75, 3.05) is 38.1 Å². The molecule has 2 heterocycles. The minimum atomic E-state index is -3.91. The number of carbonyl (C=O) groups excluding carboxylic acids is 1. The van der Waals surface area contributed by atoms with Crippen molar-refractivity contribution < 1.29 is 13.2 Å². The smallest absolute Gasteiger partial charge is 0.263 e. The summed E-state index contributed by atoms with van der Waals surface area (Å²) in [6.07, 6.45) is 6.87. The molecule has 1 aromatic heterocycles. The first kappa shape index (κ1) is 25.0. The summed E-state index contributed by atoms with van der Waals surface area (Å²) in [5.41, 5.74) is 2.29. The number of sulfonamides is 1. The van der Waals surface area contributed by atoms with Gasteiger partial charge in [0.05, 0.1) is 5.56 Å². The third-order valence-corrected chi connectivity index (χ3v) is 9.13. The van der Waals surface area contributed by atoms with Crippen LogP contribution in [0.5, 0.6) is 0 Å². The maximum atomic E-state index is 13.6. The molecule has 0 N–H and O–H groups in total. The van der Waals surface area contributed by atoms with E-state index in [2.05, 4.69) is 10.00 Å². The largest absolute Gasteiger partial charge is 0.369 e. The summed E-state index contributed by atoms with van der Waals surface area (Å²) in [5, 5.41) is 4.86. The van der Waals surface area contributed by atoms with Gasteiger partial charge in [0.2, 0.25) is 5.03 Å². The monoisotopic (exact) mass is 507 g/mol. The van der Waals surface area contributed by atoms with E-state index in [4.69, 9.17) is 11.6 Å². The number of hydrogen-bond donors (Lipinski definition) is 0. The first-order valence-electron chi connectivity index (χ1n) is 12.1. The quantitative estimate of drug-likeness (QED) is 0.594. The molecule has 0 spiro atoms. The molecule has 2 aliphatic rings. The van der Waals surface area contributed by atoms with Gasteiger partial charge in [-0.05, 0) is 44.4 Å². The normalized spacial score (nSPS) is 18.3. The Kier molecular flexibility index (Phi) is 7.54. The molecule has 2 fully saturated rings. The van der Waals surface area contributed by atoms with Crippen molar-refractivity contribution >= 4 is 33.2 Å². The molecule has 0 radical (unpaired) electrons. The van der Waals surface area contributed by atoms with E-state index in [0.29, 0.717) is 37.7 Å². The van der Waals surface area contributed by atoms with Gasteiger partial charge in [0.25, 0.3) is 15.9 Å². The van der Waals surface area contributed by atoms with Crippen LogP contribution < -0.4 is 4.90 Å². The maximum Gasteiger partial charge on any atom is 0.263 e. The second-order valence-electron chi connectivity index (χ2n) is 9.23. The number of anilines is 1. The van der Waals surface area contributed by atoms with Crippen molar-refractivity contribution in [3.8, 4) is 0 Å². The lowest BCUT2D eigenvalue weighted by Crippen LogP contribution is -2.49. The van der Waals surface area contributed by atoms with E-state index in [1.54, 1.807) is 22.8 Å². The van der Waals surface area contributed by atoms with Crippen LogP contribution >= 0.6 is 11.6 Å². The predicted molar refractivity (Wildman–Crippen MR) is 134 cm³/mol. The van der Waals surface area contributed by atoms with Crippen LogP contribution in [0.25, 0.3) is 0 Å². The third kappa shape index (κ3) is 4.97. The average Bonchev–Trinajstić information content (AvgIpc) is 3.31. The summed E-state index contributed by atoms with van der Waals surface area (Å²) >= 11 is 6.18. The van der Waals surface area contributed by atoms with Gasteiger partial charge in [0.15, 0.2) is 0 Å². The Labute approximate surface area is 207 Å². The van der Waals surface area contributed by atoms with E-state index in [1.165, 1.54) is 10.7 Å². The standard InChI is InChI=1S/C24H34ClN5O3S/c1-4-29-17-21(24(31)27(3)20-8-6-5-7-9-20)23(26-29)34(32,33)30-14-12-28(13-15-30)22-16-19(25)11-10-18(22)2/h10-11,16-17,20H,4-9,12-15H2,1-3H3. The van der Waals surface area contributed by atoms with E-state index in [0.717, 1.165) is 36.9 Å². The van der Waals surface area contributed by atoms with Crippen LogP contribution in [0.1, 0.15) is 54.9 Å². The van der Waals surface area contributed by atoms with Gasteiger partial charge in [0, 0.05) is 62.7 Å². The number of aryl methyl sites for hydroxylation is 2. The number of hydrogen-bond acceptors (Lipinski definition) is 5. The molecule has 2 aromatic rings. The highest BCUT2D eigenvalue weighted by Gasteiger charge is 2.36. The summed E-state index contributed by atoms with van der Waals surface area (Å²) < 4.78 is 30.3. The van der Waals surface area contributed by atoms with Crippen LogP contribution in [0.3, 0.4) is 0 Å². The Morgan fingerprint density at radius 3 is 2.47 bits per heavy atom. The highest BCUT2D eigenvalue weighted by molar-refractivity contribution is 7.89. The maximum absolute atomic E-state index is 13.6. The molecule has 0 unspecified atom stereocenters. The van der Waals surface area contributed by atoms with E-state index >= 15 is 0 Å². The fourth-order valence-electron chi connectivity index (χ4n) is 4.94. The Balaban J connectivity index is 1.55. The predicted octanol–water partition coefficient (Wildman–Crippen LogP) is 3.78. The fourth-order valence-corrected chi connectivity index (χ4v) is 6.62. The Morgan fingerprint density at radius 2 is 1.82 bits per heavy atom. The van der Waals surface area contributed by atoms with Gasteiger partial charge in [-0.3, -0.25) is 9.48 Å². The summed E-state index contributed by atoms with van der Waals surface area (Å²) in [6, 6.07) is 5.89. The lowest BCUT2D eigenvalue weighted by molar-refractivity contribution is 0.0692. The summed E-state index contributed by atoms with van der Waals surface area (Å²) in [7, 11) is -2.13. The number of piperazine rings is 1. The molecular weight excluding hydrogens is 474 g/mol. The number of nitrogens with zero attached hydrogens (tertiary/aromatic N) is 5. The Hall–Kier alpha value is -2.10. The average molecular weight is 508 g/mol. The molecule has 4 rings (SSSR count). The Bertz CT molecular complexity index is 1140. The molecule has 0 atom stereocenters. The second-order valence-corrected chi connectivity index (χ2v) is 11.5. The summed E-state index contributed by atoms with van der Waals surface area (Å²) in [6.45, 7) is 6.12. The van der Waals surface area contributed by atoms with Gasteiger partial charge < -0.3 is 9.80 Å². The van der Waals surface area contributed by atoms with E-state index in [-0.39, 0.29) is 22.5 Å².